The number of aliphatic hydroxyl groups is 1. The maximum atomic E-state index is 12.4. The number of rotatable bonds is 1. The minimum absolute atomic E-state index is 0.0127. The fraction of sp³-hybridized carbons (Fsp3) is 0.308. The van der Waals surface area contributed by atoms with Crippen LogP contribution in [-0.2, 0) is 13.1 Å². The summed E-state index contributed by atoms with van der Waals surface area (Å²) in [6.45, 7) is 1.67. The lowest BCUT2D eigenvalue weighted by atomic mass is 10.3. The molecule has 0 unspecified atom stereocenters. The van der Waals surface area contributed by atoms with Crippen LogP contribution < -0.4 is 0 Å². The van der Waals surface area contributed by atoms with Crippen molar-refractivity contribution in [3.8, 4) is 11.8 Å². The van der Waals surface area contributed by atoms with E-state index in [2.05, 4.69) is 22.0 Å². The smallest absolute Gasteiger partial charge is 0.264 e. The molecule has 3 rings (SSSR count). The Hall–Kier alpha value is -2.17. The first kappa shape index (κ1) is 12.8. The van der Waals surface area contributed by atoms with Gasteiger partial charge >= 0.3 is 0 Å². The second kappa shape index (κ2) is 5.45. The Kier molecular flexibility index (Phi) is 3.50. The minimum atomic E-state index is -0.178. The van der Waals surface area contributed by atoms with Gasteiger partial charge in [0.2, 0.25) is 0 Å². The summed E-state index contributed by atoms with van der Waals surface area (Å²) in [5, 5.41) is 16.5. The summed E-state index contributed by atoms with van der Waals surface area (Å²) < 4.78 is 1.95. The highest BCUT2D eigenvalue weighted by molar-refractivity contribution is 7.14. The molecule has 7 heteroatoms. The molecule has 0 radical (unpaired) electrons. The van der Waals surface area contributed by atoms with E-state index in [0.717, 1.165) is 17.2 Å². The van der Waals surface area contributed by atoms with Crippen LogP contribution >= 0.6 is 11.3 Å². The molecular formula is C13H12N4O2S. The monoisotopic (exact) mass is 288 g/mol. The summed E-state index contributed by atoms with van der Waals surface area (Å²) in [7, 11) is 0. The predicted molar refractivity (Wildman–Crippen MR) is 73.0 cm³/mol. The van der Waals surface area contributed by atoms with Crippen LogP contribution in [0.25, 0.3) is 0 Å². The van der Waals surface area contributed by atoms with Gasteiger partial charge in [-0.3, -0.25) is 4.79 Å². The van der Waals surface area contributed by atoms with Gasteiger partial charge in [-0.1, -0.05) is 11.8 Å². The number of hydrogen-bond donors (Lipinski definition) is 1. The second-order valence-electron chi connectivity index (χ2n) is 4.29. The summed E-state index contributed by atoms with van der Waals surface area (Å²) in [5.74, 6) is 6.17. The van der Waals surface area contributed by atoms with Gasteiger partial charge in [0.25, 0.3) is 5.91 Å². The van der Waals surface area contributed by atoms with Crippen molar-refractivity contribution in [1.82, 2.24) is 19.7 Å². The third-order valence-electron chi connectivity index (χ3n) is 3.03. The molecule has 1 amide bonds. The molecular weight excluding hydrogens is 276 g/mol. The molecule has 0 spiro atoms. The normalized spacial score (nSPS) is 13.6. The Morgan fingerprint density at radius 3 is 3.20 bits per heavy atom. The highest BCUT2D eigenvalue weighted by atomic mass is 32.1. The summed E-state index contributed by atoms with van der Waals surface area (Å²) in [6.07, 6.45) is 1.69. The number of amides is 1. The molecule has 0 fully saturated rings. The van der Waals surface area contributed by atoms with Crippen LogP contribution in [0, 0.1) is 11.8 Å². The topological polar surface area (TPSA) is 71.2 Å². The highest BCUT2D eigenvalue weighted by Crippen LogP contribution is 2.20. The summed E-state index contributed by atoms with van der Waals surface area (Å²) in [6, 6.07) is 3.57. The van der Waals surface area contributed by atoms with Crippen molar-refractivity contribution in [1.29, 1.82) is 0 Å². The Labute approximate surface area is 119 Å². The Morgan fingerprint density at radius 1 is 1.45 bits per heavy atom. The van der Waals surface area contributed by atoms with Gasteiger partial charge in [-0.05, 0) is 12.1 Å². The number of carbonyl (C=O) groups excluding carboxylic acids is 1. The average molecular weight is 288 g/mol. The largest absolute Gasteiger partial charge is 0.384 e. The highest BCUT2D eigenvalue weighted by Gasteiger charge is 2.23. The van der Waals surface area contributed by atoms with Gasteiger partial charge in [0.1, 0.15) is 12.9 Å². The van der Waals surface area contributed by atoms with Gasteiger partial charge in [0.15, 0.2) is 5.82 Å². The fourth-order valence-electron chi connectivity index (χ4n) is 2.04. The molecule has 0 aliphatic carbocycles. The molecule has 2 aromatic rings. The number of hydrogen-bond acceptors (Lipinski definition) is 5. The molecule has 6 nitrogen and oxygen atoms in total. The van der Waals surface area contributed by atoms with E-state index in [9.17, 15) is 4.79 Å². The number of aromatic nitrogens is 3. The lowest BCUT2D eigenvalue weighted by Crippen LogP contribution is -2.37. The molecule has 0 aromatic carbocycles. The van der Waals surface area contributed by atoms with Gasteiger partial charge in [-0.2, -0.15) is 0 Å². The number of aliphatic hydroxyl groups excluding tert-OH is 1. The molecule has 20 heavy (non-hydrogen) atoms. The van der Waals surface area contributed by atoms with Crippen molar-refractivity contribution in [2.24, 2.45) is 0 Å². The lowest BCUT2D eigenvalue weighted by Gasteiger charge is -2.26. The maximum absolute atomic E-state index is 12.4. The van der Waals surface area contributed by atoms with Gasteiger partial charge in [0.05, 0.1) is 16.3 Å². The van der Waals surface area contributed by atoms with Gasteiger partial charge < -0.3 is 14.6 Å². The van der Waals surface area contributed by atoms with Crippen LogP contribution in [0.15, 0.2) is 18.5 Å². The maximum Gasteiger partial charge on any atom is 0.264 e. The molecule has 0 saturated heterocycles. The zero-order valence-corrected chi connectivity index (χ0v) is 11.4. The summed E-state index contributed by atoms with van der Waals surface area (Å²) >= 11 is 1.34. The Morgan fingerprint density at radius 2 is 2.35 bits per heavy atom. The van der Waals surface area contributed by atoms with E-state index in [4.69, 9.17) is 5.11 Å². The van der Waals surface area contributed by atoms with Crippen molar-refractivity contribution in [2.45, 2.75) is 13.1 Å². The molecule has 0 saturated carbocycles. The fourth-order valence-corrected chi connectivity index (χ4v) is 2.89. The van der Waals surface area contributed by atoms with Crippen LogP contribution in [0.4, 0.5) is 0 Å². The molecule has 0 atom stereocenters. The van der Waals surface area contributed by atoms with Crippen LogP contribution in [0.2, 0.25) is 0 Å². The van der Waals surface area contributed by atoms with Crippen LogP contribution in [0.3, 0.4) is 0 Å². The van der Waals surface area contributed by atoms with E-state index in [0.29, 0.717) is 18.0 Å². The number of nitrogens with zero attached hydrogens (tertiary/aromatic N) is 4. The van der Waals surface area contributed by atoms with Crippen molar-refractivity contribution in [2.75, 3.05) is 13.2 Å². The van der Waals surface area contributed by atoms with E-state index >= 15 is 0 Å². The van der Waals surface area contributed by atoms with E-state index in [1.54, 1.807) is 23.4 Å². The second-order valence-corrected chi connectivity index (χ2v) is 5.37. The van der Waals surface area contributed by atoms with Gasteiger partial charge in [0, 0.05) is 13.1 Å². The number of thiophene rings is 1. The van der Waals surface area contributed by atoms with Gasteiger partial charge in [-0.15, -0.1) is 21.5 Å². The number of carbonyl (C=O) groups is 1. The molecule has 1 aliphatic heterocycles. The zero-order valence-electron chi connectivity index (χ0n) is 10.6. The van der Waals surface area contributed by atoms with E-state index < -0.39 is 0 Å². The third kappa shape index (κ3) is 2.43. The SMILES string of the molecule is O=C(c1ccc(C#CCO)s1)N1CCn2cnnc2C1. The Balaban J connectivity index is 1.75. The standard InChI is InChI=1S/C13H12N4O2S/c18-7-1-2-10-3-4-11(20-10)13(19)16-5-6-17-9-14-15-12(17)8-16/h3-4,9,18H,5-8H2. The first-order valence-electron chi connectivity index (χ1n) is 6.13. The van der Waals surface area contributed by atoms with Gasteiger partial charge in [-0.25, -0.2) is 0 Å². The first-order valence-corrected chi connectivity index (χ1v) is 6.95. The first-order chi connectivity index (χ1) is 9.78. The molecule has 0 bridgehead atoms. The van der Waals surface area contributed by atoms with Crippen molar-refractivity contribution in [3.05, 3.63) is 34.0 Å². The van der Waals surface area contributed by atoms with E-state index in [1.165, 1.54) is 11.3 Å². The summed E-state index contributed by atoms with van der Waals surface area (Å²) in [4.78, 5) is 15.6. The zero-order chi connectivity index (χ0) is 13.9. The Bertz CT molecular complexity index is 695. The molecule has 1 aliphatic rings. The van der Waals surface area contributed by atoms with Crippen molar-refractivity contribution in [3.63, 3.8) is 0 Å². The van der Waals surface area contributed by atoms with Crippen LogP contribution in [0.1, 0.15) is 20.4 Å². The minimum Gasteiger partial charge on any atom is -0.384 e. The molecule has 1 N–H and O–H groups in total. The predicted octanol–water partition coefficient (Wildman–Crippen LogP) is 0.339. The number of fused-ring (bicyclic) bond motifs is 1. The molecule has 2 aromatic heterocycles. The molecule has 102 valence electrons. The third-order valence-corrected chi connectivity index (χ3v) is 4.02. The summed E-state index contributed by atoms with van der Waals surface area (Å²) in [5.41, 5.74) is 0. The van der Waals surface area contributed by atoms with Crippen LogP contribution in [-0.4, -0.2) is 43.8 Å². The quantitative estimate of drug-likeness (QED) is 0.768. The van der Waals surface area contributed by atoms with E-state index in [-0.39, 0.29) is 12.5 Å². The van der Waals surface area contributed by atoms with Crippen LogP contribution in [0.5, 0.6) is 0 Å². The average Bonchev–Trinajstić information content (AvgIpc) is 3.12. The van der Waals surface area contributed by atoms with E-state index in [1.807, 2.05) is 4.57 Å². The molecule has 3 heterocycles. The van der Waals surface area contributed by atoms with Crippen molar-refractivity contribution < 1.29 is 9.90 Å². The van der Waals surface area contributed by atoms with Crippen molar-refractivity contribution >= 4 is 17.2 Å². The lowest BCUT2D eigenvalue weighted by molar-refractivity contribution is 0.0712.